The number of hydrogen-bond donors (Lipinski definition) is 0. The number of rotatable bonds is 14. The van der Waals surface area contributed by atoms with Crippen LogP contribution < -0.4 is 0 Å². The molecule has 0 saturated carbocycles. The van der Waals surface area contributed by atoms with Crippen LogP contribution in [0.4, 0.5) is 0 Å². The summed E-state index contributed by atoms with van der Waals surface area (Å²) in [6.45, 7) is 2.12. The molecule has 0 amide bonds. The molecule has 0 aromatic carbocycles. The van der Waals surface area contributed by atoms with Gasteiger partial charge in [-0.05, 0) is 31.8 Å². The molecule has 4 heteroatoms. The van der Waals surface area contributed by atoms with Crippen molar-refractivity contribution in [2.75, 3.05) is 0 Å². The van der Waals surface area contributed by atoms with E-state index in [1.165, 1.54) is 6.08 Å². The molecule has 0 radical (unpaired) electrons. The fourth-order valence-electron chi connectivity index (χ4n) is 1.84. The number of hydrogen-bond acceptors (Lipinski definition) is 3. The highest BCUT2D eigenvalue weighted by Gasteiger charge is 2.06. The van der Waals surface area contributed by atoms with Gasteiger partial charge in [0.05, 0.1) is 11.3 Å². The molecule has 0 unspecified atom stereocenters. The monoisotopic (exact) mass is 355 g/mol. The van der Waals surface area contributed by atoms with Crippen molar-refractivity contribution in [3.8, 4) is 0 Å². The quantitative estimate of drug-likeness (QED) is 0.0952. The normalized spacial score (nSPS) is 13.5. The molecule has 0 aliphatic rings. The maximum Gasteiger partial charge on any atom is 0.246 e. The van der Waals surface area contributed by atoms with Gasteiger partial charge in [-0.15, -0.1) is 0 Å². The molecule has 0 bridgehead atoms. The van der Waals surface area contributed by atoms with E-state index in [0.717, 1.165) is 25.5 Å². The molecular formula is C22H29NO3. The molecule has 0 aromatic rings. The lowest BCUT2D eigenvalue weighted by Gasteiger charge is -1.93. The van der Waals surface area contributed by atoms with Crippen LogP contribution in [0.5, 0.6) is 0 Å². The highest BCUT2D eigenvalue weighted by atomic mass is 16.6. The van der Waals surface area contributed by atoms with Crippen molar-refractivity contribution < 1.29 is 9.72 Å². The smallest absolute Gasteiger partial charge is 0.246 e. The van der Waals surface area contributed by atoms with Gasteiger partial charge in [0.25, 0.3) is 0 Å². The maximum atomic E-state index is 10.8. The van der Waals surface area contributed by atoms with Crippen molar-refractivity contribution in [2.24, 2.45) is 0 Å². The van der Waals surface area contributed by atoms with E-state index in [1.807, 2.05) is 30.4 Å². The van der Waals surface area contributed by atoms with Crippen LogP contribution in [0.1, 0.15) is 45.4 Å². The third-order valence-electron chi connectivity index (χ3n) is 3.17. The van der Waals surface area contributed by atoms with E-state index in [2.05, 4.69) is 37.3 Å². The highest BCUT2D eigenvalue weighted by molar-refractivity contribution is 5.49. The Morgan fingerprint density at radius 1 is 0.808 bits per heavy atom. The van der Waals surface area contributed by atoms with Gasteiger partial charge in [-0.1, -0.05) is 79.8 Å². The van der Waals surface area contributed by atoms with Crippen molar-refractivity contribution in [1.82, 2.24) is 0 Å². The fraction of sp³-hybridized carbons (Fsp3) is 0.318. The fourth-order valence-corrected chi connectivity index (χ4v) is 1.84. The maximum absolute atomic E-state index is 10.8. The summed E-state index contributed by atoms with van der Waals surface area (Å²) in [4.78, 5) is 20.7. The number of allylic oxidation sites excluding steroid dienone is 13. The first-order valence-corrected chi connectivity index (χ1v) is 8.94. The van der Waals surface area contributed by atoms with Crippen molar-refractivity contribution in [3.63, 3.8) is 0 Å². The van der Waals surface area contributed by atoms with Crippen LogP contribution in [0.15, 0.2) is 84.7 Å². The first kappa shape index (κ1) is 23.2. The van der Waals surface area contributed by atoms with E-state index in [0.29, 0.717) is 12.8 Å². The second kappa shape index (κ2) is 18.6. The van der Waals surface area contributed by atoms with Gasteiger partial charge in [-0.25, -0.2) is 0 Å². The molecule has 0 heterocycles. The van der Waals surface area contributed by atoms with E-state index in [-0.39, 0.29) is 12.1 Å². The van der Waals surface area contributed by atoms with Gasteiger partial charge < -0.3 is 4.79 Å². The Kier molecular flexibility index (Phi) is 16.6. The summed E-state index contributed by atoms with van der Waals surface area (Å²) in [5, 5.41) is 10.8. The Hall–Kier alpha value is -2.75. The Morgan fingerprint density at radius 3 is 2.00 bits per heavy atom. The van der Waals surface area contributed by atoms with E-state index in [4.69, 9.17) is 0 Å². The molecule has 0 aliphatic heterocycles. The summed E-state index contributed by atoms with van der Waals surface area (Å²) in [5.41, 5.74) is 0.119. The van der Waals surface area contributed by atoms with Gasteiger partial charge in [0.1, 0.15) is 6.29 Å². The number of aldehydes is 1. The summed E-state index contributed by atoms with van der Waals surface area (Å²) >= 11 is 0. The largest absolute Gasteiger partial charge is 0.303 e. The summed E-state index contributed by atoms with van der Waals surface area (Å²) in [5.74, 6) is 0. The van der Waals surface area contributed by atoms with Crippen LogP contribution in [0.3, 0.4) is 0 Å². The molecule has 26 heavy (non-hydrogen) atoms. The van der Waals surface area contributed by atoms with Gasteiger partial charge in [0.2, 0.25) is 5.70 Å². The number of nitrogens with zero attached hydrogens (tertiary/aromatic N) is 1. The van der Waals surface area contributed by atoms with E-state index >= 15 is 0 Å². The van der Waals surface area contributed by atoms with Crippen molar-refractivity contribution >= 4 is 6.29 Å². The minimum absolute atomic E-state index is 0.119. The summed E-state index contributed by atoms with van der Waals surface area (Å²) in [6.07, 6.45) is 29.9. The average Bonchev–Trinajstić information content (AvgIpc) is 2.63. The zero-order valence-electron chi connectivity index (χ0n) is 15.5. The second-order valence-electron chi connectivity index (χ2n) is 5.35. The van der Waals surface area contributed by atoms with Gasteiger partial charge in [0, 0.05) is 6.42 Å². The van der Waals surface area contributed by atoms with Crippen molar-refractivity contribution in [3.05, 3.63) is 94.8 Å². The topological polar surface area (TPSA) is 60.2 Å². The second-order valence-corrected chi connectivity index (χ2v) is 5.35. The molecule has 0 aromatic heterocycles. The lowest BCUT2D eigenvalue weighted by Crippen LogP contribution is -1.97. The van der Waals surface area contributed by atoms with E-state index in [9.17, 15) is 14.9 Å². The zero-order valence-corrected chi connectivity index (χ0v) is 15.5. The Bertz CT molecular complexity index is 591. The van der Waals surface area contributed by atoms with Gasteiger partial charge in [-0.3, -0.25) is 10.1 Å². The number of unbranched alkanes of at least 4 members (excludes halogenated alkanes) is 1. The first-order chi connectivity index (χ1) is 12.7. The third-order valence-corrected chi connectivity index (χ3v) is 3.17. The minimum Gasteiger partial charge on any atom is -0.303 e. The van der Waals surface area contributed by atoms with E-state index in [1.54, 1.807) is 12.2 Å². The predicted octanol–water partition coefficient (Wildman–Crippen LogP) is 6.04. The average molecular weight is 355 g/mol. The van der Waals surface area contributed by atoms with Crippen LogP contribution in [0.25, 0.3) is 0 Å². The van der Waals surface area contributed by atoms with Crippen molar-refractivity contribution in [1.29, 1.82) is 0 Å². The SMILES string of the molecule is CC/C=C/C/C=C/C/C=C/C=C/C=C/C=C/C/C(=C/CCC=O)[N+](=O)[O-]. The number of carbonyl (C=O) groups excluding carboxylic acids is 1. The van der Waals surface area contributed by atoms with Crippen LogP contribution in [-0.4, -0.2) is 11.2 Å². The molecule has 4 nitrogen and oxygen atoms in total. The summed E-state index contributed by atoms with van der Waals surface area (Å²) in [7, 11) is 0. The van der Waals surface area contributed by atoms with E-state index < -0.39 is 4.92 Å². The van der Waals surface area contributed by atoms with Gasteiger partial charge >= 0.3 is 0 Å². The van der Waals surface area contributed by atoms with Crippen LogP contribution in [0, 0.1) is 10.1 Å². The third kappa shape index (κ3) is 16.1. The van der Waals surface area contributed by atoms with Crippen LogP contribution in [0.2, 0.25) is 0 Å². The molecule has 0 saturated heterocycles. The molecule has 0 aliphatic carbocycles. The summed E-state index contributed by atoms with van der Waals surface area (Å²) in [6, 6.07) is 0. The molecule has 0 spiro atoms. The number of carbonyl (C=O) groups is 1. The lowest BCUT2D eigenvalue weighted by atomic mass is 10.2. The predicted molar refractivity (Wildman–Crippen MR) is 109 cm³/mol. The number of nitro groups is 1. The molecule has 0 fully saturated rings. The highest BCUT2D eigenvalue weighted by Crippen LogP contribution is 2.06. The molecule has 0 N–H and O–H groups in total. The standard InChI is InChI=1S/C22H29NO3/c1-2-3-4-5-6-7-8-9-10-11-12-13-14-15-16-19-22(23(25)26)20-17-18-21-24/h3-4,6-7,9-16,20-21H,2,5,8,17-19H2,1H3/b4-3+,7-6+,10-9+,12-11+,14-13+,16-15+,22-20-. The van der Waals surface area contributed by atoms with Gasteiger partial charge in [-0.2, -0.15) is 0 Å². The Labute approximate surface area is 156 Å². The minimum atomic E-state index is -0.405. The molecule has 0 rings (SSSR count). The van der Waals surface area contributed by atoms with Crippen LogP contribution in [-0.2, 0) is 4.79 Å². The van der Waals surface area contributed by atoms with Gasteiger partial charge in [0.15, 0.2) is 0 Å². The first-order valence-electron chi connectivity index (χ1n) is 8.94. The van der Waals surface area contributed by atoms with Crippen LogP contribution >= 0.6 is 0 Å². The Balaban J connectivity index is 4.04. The lowest BCUT2D eigenvalue weighted by molar-refractivity contribution is -0.427. The Morgan fingerprint density at radius 2 is 1.38 bits per heavy atom. The molecular weight excluding hydrogens is 326 g/mol. The summed E-state index contributed by atoms with van der Waals surface area (Å²) < 4.78 is 0. The molecule has 0 atom stereocenters. The molecule has 140 valence electrons. The van der Waals surface area contributed by atoms with Crippen molar-refractivity contribution in [2.45, 2.75) is 45.4 Å². The zero-order chi connectivity index (χ0) is 19.3.